The van der Waals surface area contributed by atoms with Gasteiger partial charge in [0.15, 0.2) is 0 Å². The van der Waals surface area contributed by atoms with E-state index in [1.165, 1.54) is 6.07 Å². The minimum atomic E-state index is -0.554. The smallest absolute Gasteiger partial charge is 0.149 e. The summed E-state index contributed by atoms with van der Waals surface area (Å²) in [5.74, 6) is -0.528. The number of nitrogens with zero attached hydrogens (tertiary/aromatic N) is 2. The minimum absolute atomic E-state index is 0.214. The molecule has 0 aliphatic carbocycles. The van der Waals surface area contributed by atoms with E-state index in [0.29, 0.717) is 12.4 Å². The summed E-state index contributed by atoms with van der Waals surface area (Å²) in [6.45, 7) is 4.35. The topological polar surface area (TPSA) is 37.8 Å². The van der Waals surface area contributed by atoms with Crippen LogP contribution in [0.4, 0.5) is 8.78 Å². The molecule has 1 N–H and O–H groups in total. The van der Waals surface area contributed by atoms with Crippen LogP contribution in [0, 0.1) is 18.6 Å². The molecule has 100 valence electrons. The predicted molar refractivity (Wildman–Crippen MR) is 68.6 cm³/mol. The van der Waals surface area contributed by atoms with E-state index in [1.807, 2.05) is 13.8 Å². The molecule has 2 aromatic rings. The zero-order valence-electron chi connectivity index (χ0n) is 10.8. The van der Waals surface area contributed by atoms with Crippen molar-refractivity contribution in [3.05, 3.63) is 59.2 Å². The maximum Gasteiger partial charge on any atom is 0.149 e. The first-order valence-corrected chi connectivity index (χ1v) is 6.08. The van der Waals surface area contributed by atoms with E-state index in [-0.39, 0.29) is 5.56 Å². The second-order valence-electron chi connectivity index (χ2n) is 4.28. The molecule has 0 saturated carbocycles. The maximum absolute atomic E-state index is 13.8. The van der Waals surface area contributed by atoms with E-state index in [2.05, 4.69) is 15.3 Å². The highest BCUT2D eigenvalue weighted by Crippen LogP contribution is 2.22. The zero-order chi connectivity index (χ0) is 13.8. The summed E-state index contributed by atoms with van der Waals surface area (Å²) < 4.78 is 27.1. The summed E-state index contributed by atoms with van der Waals surface area (Å²) >= 11 is 0. The standard InChI is InChI=1S/C14H15F2N3/c1-3-17-13(14-18-7-9(2)8-19-14)11-6-10(15)4-5-12(11)16/h4-8,13,17H,3H2,1-2H3. The predicted octanol–water partition coefficient (Wildman–Crippen LogP) is 2.76. The Morgan fingerprint density at radius 2 is 1.89 bits per heavy atom. The first-order valence-electron chi connectivity index (χ1n) is 6.08. The summed E-state index contributed by atoms with van der Waals surface area (Å²) in [6, 6.07) is 2.83. The number of aryl methyl sites for hydroxylation is 1. The van der Waals surface area contributed by atoms with Crippen LogP contribution >= 0.6 is 0 Å². The number of hydrogen-bond donors (Lipinski definition) is 1. The molecule has 0 aliphatic heterocycles. The van der Waals surface area contributed by atoms with Crippen molar-refractivity contribution in [2.24, 2.45) is 0 Å². The van der Waals surface area contributed by atoms with E-state index >= 15 is 0 Å². The molecule has 1 aromatic carbocycles. The molecule has 1 heterocycles. The first-order chi connectivity index (χ1) is 9.11. The summed E-state index contributed by atoms with van der Waals surface area (Å²) in [6.07, 6.45) is 3.31. The molecule has 5 heteroatoms. The molecule has 1 unspecified atom stereocenters. The normalized spacial score (nSPS) is 12.4. The van der Waals surface area contributed by atoms with E-state index in [9.17, 15) is 8.78 Å². The molecule has 0 radical (unpaired) electrons. The third kappa shape index (κ3) is 3.12. The summed E-state index contributed by atoms with van der Waals surface area (Å²) in [4.78, 5) is 8.36. The number of hydrogen-bond acceptors (Lipinski definition) is 3. The fourth-order valence-corrected chi connectivity index (χ4v) is 1.83. The van der Waals surface area contributed by atoms with Gasteiger partial charge in [-0.1, -0.05) is 6.92 Å². The Labute approximate surface area is 110 Å². The van der Waals surface area contributed by atoms with Crippen LogP contribution in [0.2, 0.25) is 0 Å². The van der Waals surface area contributed by atoms with Gasteiger partial charge in [-0.05, 0) is 37.2 Å². The fourth-order valence-electron chi connectivity index (χ4n) is 1.83. The van der Waals surface area contributed by atoms with Crippen LogP contribution < -0.4 is 5.32 Å². The second kappa shape index (κ2) is 5.84. The number of halogens is 2. The van der Waals surface area contributed by atoms with Crippen LogP contribution in [-0.2, 0) is 0 Å². The molecule has 2 rings (SSSR count). The molecular formula is C14H15F2N3. The molecule has 0 amide bonds. The average Bonchev–Trinajstić information content (AvgIpc) is 2.40. The Kier molecular flexibility index (Phi) is 4.16. The summed E-state index contributed by atoms with van der Waals surface area (Å²) in [5, 5.41) is 3.07. The largest absolute Gasteiger partial charge is 0.304 e. The molecule has 19 heavy (non-hydrogen) atoms. The van der Waals surface area contributed by atoms with Gasteiger partial charge in [0, 0.05) is 18.0 Å². The Bertz CT molecular complexity index is 555. The van der Waals surface area contributed by atoms with Crippen molar-refractivity contribution >= 4 is 0 Å². The van der Waals surface area contributed by atoms with Crippen LogP contribution in [0.25, 0.3) is 0 Å². The van der Waals surface area contributed by atoms with Gasteiger partial charge >= 0.3 is 0 Å². The molecule has 0 aliphatic rings. The van der Waals surface area contributed by atoms with Crippen molar-refractivity contribution in [2.45, 2.75) is 19.9 Å². The van der Waals surface area contributed by atoms with Crippen LogP contribution in [-0.4, -0.2) is 16.5 Å². The Hall–Kier alpha value is -1.88. The van der Waals surface area contributed by atoms with Crippen LogP contribution in [0.1, 0.15) is 29.9 Å². The van der Waals surface area contributed by atoms with Crippen molar-refractivity contribution in [3.63, 3.8) is 0 Å². The Morgan fingerprint density at radius 1 is 1.21 bits per heavy atom. The third-order valence-electron chi connectivity index (χ3n) is 2.74. The fraction of sp³-hybridized carbons (Fsp3) is 0.286. The molecule has 1 atom stereocenters. The second-order valence-corrected chi connectivity index (χ2v) is 4.28. The molecule has 0 saturated heterocycles. The van der Waals surface area contributed by atoms with Gasteiger partial charge in [-0.3, -0.25) is 0 Å². The number of nitrogens with one attached hydrogen (secondary N) is 1. The molecule has 0 fully saturated rings. The summed E-state index contributed by atoms with van der Waals surface area (Å²) in [5.41, 5.74) is 1.13. The zero-order valence-corrected chi connectivity index (χ0v) is 10.8. The van der Waals surface area contributed by atoms with Crippen molar-refractivity contribution < 1.29 is 8.78 Å². The van der Waals surface area contributed by atoms with E-state index in [1.54, 1.807) is 12.4 Å². The van der Waals surface area contributed by atoms with Gasteiger partial charge in [-0.15, -0.1) is 0 Å². The quantitative estimate of drug-likeness (QED) is 0.921. The molecule has 1 aromatic heterocycles. The van der Waals surface area contributed by atoms with E-state index in [0.717, 1.165) is 17.7 Å². The first kappa shape index (κ1) is 13.5. The lowest BCUT2D eigenvalue weighted by Crippen LogP contribution is -2.25. The summed E-state index contributed by atoms with van der Waals surface area (Å²) in [7, 11) is 0. The van der Waals surface area contributed by atoms with Crippen LogP contribution in [0.3, 0.4) is 0 Å². The lowest BCUT2D eigenvalue weighted by atomic mass is 10.0. The Morgan fingerprint density at radius 3 is 2.53 bits per heavy atom. The van der Waals surface area contributed by atoms with Crippen molar-refractivity contribution in [3.8, 4) is 0 Å². The van der Waals surface area contributed by atoms with Crippen LogP contribution in [0.5, 0.6) is 0 Å². The van der Waals surface area contributed by atoms with Crippen molar-refractivity contribution in [1.82, 2.24) is 15.3 Å². The highest BCUT2D eigenvalue weighted by atomic mass is 19.1. The molecule has 0 spiro atoms. The van der Waals surface area contributed by atoms with Gasteiger partial charge in [-0.2, -0.15) is 0 Å². The van der Waals surface area contributed by atoms with E-state index in [4.69, 9.17) is 0 Å². The monoisotopic (exact) mass is 263 g/mol. The molecular weight excluding hydrogens is 248 g/mol. The molecule has 0 bridgehead atoms. The third-order valence-corrected chi connectivity index (χ3v) is 2.74. The van der Waals surface area contributed by atoms with Crippen LogP contribution in [0.15, 0.2) is 30.6 Å². The minimum Gasteiger partial charge on any atom is -0.304 e. The van der Waals surface area contributed by atoms with Crippen molar-refractivity contribution in [2.75, 3.05) is 6.54 Å². The number of benzene rings is 1. The van der Waals surface area contributed by atoms with Gasteiger partial charge in [-0.25, -0.2) is 18.7 Å². The highest BCUT2D eigenvalue weighted by molar-refractivity contribution is 5.27. The Balaban J connectivity index is 2.44. The van der Waals surface area contributed by atoms with E-state index < -0.39 is 17.7 Å². The SMILES string of the molecule is CCNC(c1ncc(C)cn1)c1cc(F)ccc1F. The average molecular weight is 263 g/mol. The van der Waals surface area contributed by atoms with Gasteiger partial charge in [0.25, 0.3) is 0 Å². The van der Waals surface area contributed by atoms with Gasteiger partial charge in [0.05, 0.1) is 6.04 Å². The lowest BCUT2D eigenvalue weighted by molar-refractivity contribution is 0.531. The maximum atomic E-state index is 13.8. The van der Waals surface area contributed by atoms with Gasteiger partial charge in [0.1, 0.15) is 17.5 Å². The molecule has 3 nitrogen and oxygen atoms in total. The number of aromatic nitrogens is 2. The van der Waals surface area contributed by atoms with Gasteiger partial charge in [0.2, 0.25) is 0 Å². The van der Waals surface area contributed by atoms with Crippen molar-refractivity contribution in [1.29, 1.82) is 0 Å². The van der Waals surface area contributed by atoms with Gasteiger partial charge < -0.3 is 5.32 Å². The lowest BCUT2D eigenvalue weighted by Gasteiger charge is -2.17. The number of rotatable bonds is 4. The highest BCUT2D eigenvalue weighted by Gasteiger charge is 2.20.